The molecule has 0 heterocycles. The number of nitrogens with zero attached hydrogens (tertiary/aromatic N) is 3. The van der Waals surface area contributed by atoms with Gasteiger partial charge in [-0.25, -0.2) is 0 Å². The first-order chi connectivity index (χ1) is 6.90. The molecule has 0 bridgehead atoms. The molecule has 0 aromatic heterocycles. The first-order valence-corrected chi connectivity index (χ1v) is 5.00. The zero-order valence-electron chi connectivity index (χ0n) is 8.06. The molecule has 1 aromatic carbocycles. The normalized spacial score (nSPS) is 14.9. The minimum Gasteiger partial charge on any atom is -0.0936 e. The van der Waals surface area contributed by atoms with Crippen LogP contribution in [-0.4, -0.2) is 6.54 Å². The van der Waals surface area contributed by atoms with E-state index in [1.165, 1.54) is 24.0 Å². The fraction of sp³-hybridized carbons (Fsp3) is 0.455. The van der Waals surface area contributed by atoms with Crippen molar-refractivity contribution in [3.8, 4) is 0 Å². The Labute approximate surface area is 83.4 Å². The van der Waals surface area contributed by atoms with E-state index in [0.29, 0.717) is 6.54 Å². The van der Waals surface area contributed by atoms with Crippen LogP contribution in [0.15, 0.2) is 29.4 Å². The van der Waals surface area contributed by atoms with Crippen molar-refractivity contribution >= 4 is 0 Å². The maximum Gasteiger partial charge on any atom is 0.0298 e. The van der Waals surface area contributed by atoms with E-state index in [2.05, 4.69) is 34.3 Å². The van der Waals surface area contributed by atoms with Gasteiger partial charge in [-0.2, -0.15) is 0 Å². The molecule has 3 nitrogen and oxygen atoms in total. The zero-order chi connectivity index (χ0) is 9.80. The molecule has 0 amide bonds. The van der Waals surface area contributed by atoms with Gasteiger partial charge in [-0.3, -0.25) is 0 Å². The largest absolute Gasteiger partial charge is 0.0936 e. The number of azide groups is 1. The van der Waals surface area contributed by atoms with Crippen LogP contribution in [0.25, 0.3) is 10.4 Å². The van der Waals surface area contributed by atoms with Crippen molar-refractivity contribution < 1.29 is 0 Å². The summed E-state index contributed by atoms with van der Waals surface area (Å²) in [5, 5.41) is 3.52. The Hall–Kier alpha value is -1.47. The molecular weight excluding hydrogens is 174 g/mol. The van der Waals surface area contributed by atoms with Crippen LogP contribution < -0.4 is 0 Å². The maximum atomic E-state index is 8.13. The van der Waals surface area contributed by atoms with Gasteiger partial charge in [0, 0.05) is 11.5 Å². The van der Waals surface area contributed by atoms with Crippen LogP contribution in [0.3, 0.4) is 0 Å². The van der Waals surface area contributed by atoms with Gasteiger partial charge in [0.2, 0.25) is 0 Å². The quantitative estimate of drug-likeness (QED) is 0.394. The van der Waals surface area contributed by atoms with E-state index in [9.17, 15) is 0 Å². The van der Waals surface area contributed by atoms with Crippen molar-refractivity contribution in [2.24, 2.45) is 5.11 Å². The minimum atomic E-state index is 0.555. The van der Waals surface area contributed by atoms with E-state index in [0.717, 1.165) is 12.3 Å². The lowest BCUT2D eigenvalue weighted by molar-refractivity contribution is 0.953. The van der Waals surface area contributed by atoms with Crippen LogP contribution in [0.4, 0.5) is 0 Å². The summed E-state index contributed by atoms with van der Waals surface area (Å²) in [6, 6.07) is 8.67. The third kappa shape index (κ3) is 2.27. The molecule has 1 aromatic rings. The van der Waals surface area contributed by atoms with Crippen LogP contribution in [-0.2, 0) is 6.42 Å². The van der Waals surface area contributed by atoms with Crippen molar-refractivity contribution in [1.82, 2.24) is 0 Å². The van der Waals surface area contributed by atoms with E-state index >= 15 is 0 Å². The highest BCUT2D eigenvalue weighted by molar-refractivity contribution is 5.28. The van der Waals surface area contributed by atoms with Crippen molar-refractivity contribution in [1.29, 1.82) is 0 Å². The summed E-state index contributed by atoms with van der Waals surface area (Å²) >= 11 is 0. The van der Waals surface area contributed by atoms with Gasteiger partial charge in [0.25, 0.3) is 0 Å². The van der Waals surface area contributed by atoms with Gasteiger partial charge in [-0.1, -0.05) is 29.4 Å². The van der Waals surface area contributed by atoms with E-state index in [1.54, 1.807) is 0 Å². The molecule has 0 aliphatic heterocycles. The fourth-order valence-corrected chi connectivity index (χ4v) is 1.60. The van der Waals surface area contributed by atoms with E-state index in [1.807, 2.05) is 0 Å². The Morgan fingerprint density at radius 1 is 1.29 bits per heavy atom. The zero-order valence-corrected chi connectivity index (χ0v) is 8.06. The van der Waals surface area contributed by atoms with Crippen molar-refractivity contribution in [2.75, 3.05) is 6.54 Å². The van der Waals surface area contributed by atoms with Crippen LogP contribution in [0.1, 0.15) is 29.9 Å². The van der Waals surface area contributed by atoms with Crippen molar-refractivity contribution in [2.45, 2.75) is 25.2 Å². The van der Waals surface area contributed by atoms with Crippen LogP contribution in [0.5, 0.6) is 0 Å². The average molecular weight is 187 g/mol. The molecule has 0 spiro atoms. The number of hydrogen-bond donors (Lipinski definition) is 0. The molecule has 1 saturated carbocycles. The average Bonchev–Trinajstić information content (AvgIpc) is 3.03. The van der Waals surface area contributed by atoms with Gasteiger partial charge in [-0.05, 0) is 41.8 Å². The van der Waals surface area contributed by atoms with Gasteiger partial charge < -0.3 is 0 Å². The molecule has 0 atom stereocenters. The third-order valence-electron chi connectivity index (χ3n) is 2.59. The molecule has 1 aliphatic carbocycles. The summed E-state index contributed by atoms with van der Waals surface area (Å²) in [5.41, 5.74) is 10.8. The third-order valence-corrected chi connectivity index (χ3v) is 2.59. The summed E-state index contributed by atoms with van der Waals surface area (Å²) in [6.07, 6.45) is 3.53. The first kappa shape index (κ1) is 9.10. The van der Waals surface area contributed by atoms with Crippen LogP contribution >= 0.6 is 0 Å². The van der Waals surface area contributed by atoms with E-state index in [-0.39, 0.29) is 0 Å². The Morgan fingerprint density at radius 2 is 2.00 bits per heavy atom. The van der Waals surface area contributed by atoms with E-state index in [4.69, 9.17) is 5.53 Å². The number of benzene rings is 1. The van der Waals surface area contributed by atoms with Gasteiger partial charge in [0.15, 0.2) is 0 Å². The summed E-state index contributed by atoms with van der Waals surface area (Å²) < 4.78 is 0. The van der Waals surface area contributed by atoms with Gasteiger partial charge in [0.1, 0.15) is 0 Å². The number of rotatable bonds is 4. The standard InChI is InChI=1S/C11H13N3/c12-14-13-8-7-9-1-3-10(4-2-9)11-5-6-11/h1-4,11H,5-8H2. The van der Waals surface area contributed by atoms with Crippen LogP contribution in [0.2, 0.25) is 0 Å². The highest BCUT2D eigenvalue weighted by Crippen LogP contribution is 2.39. The predicted molar refractivity (Wildman–Crippen MR) is 56.1 cm³/mol. The molecule has 2 rings (SSSR count). The summed E-state index contributed by atoms with van der Waals surface area (Å²) in [6.45, 7) is 0.555. The van der Waals surface area contributed by atoms with E-state index < -0.39 is 0 Å². The molecule has 0 saturated heterocycles. The molecule has 0 radical (unpaired) electrons. The molecule has 72 valence electrons. The topological polar surface area (TPSA) is 48.8 Å². The molecule has 0 N–H and O–H groups in total. The Kier molecular flexibility index (Phi) is 2.70. The Morgan fingerprint density at radius 3 is 2.57 bits per heavy atom. The highest BCUT2D eigenvalue weighted by Gasteiger charge is 2.22. The lowest BCUT2D eigenvalue weighted by Gasteiger charge is -2.00. The molecule has 14 heavy (non-hydrogen) atoms. The smallest absolute Gasteiger partial charge is 0.0298 e. The summed E-state index contributed by atoms with van der Waals surface area (Å²) in [4.78, 5) is 2.73. The minimum absolute atomic E-state index is 0.555. The highest BCUT2D eigenvalue weighted by atomic mass is 15.1. The molecule has 0 unspecified atom stereocenters. The molecule has 3 heteroatoms. The van der Waals surface area contributed by atoms with Gasteiger partial charge >= 0.3 is 0 Å². The second-order valence-electron chi connectivity index (χ2n) is 3.72. The number of hydrogen-bond acceptors (Lipinski definition) is 1. The lowest BCUT2D eigenvalue weighted by atomic mass is 10.1. The maximum absolute atomic E-state index is 8.13. The fourth-order valence-electron chi connectivity index (χ4n) is 1.60. The van der Waals surface area contributed by atoms with Crippen LogP contribution in [0, 0.1) is 0 Å². The Balaban J connectivity index is 1.95. The van der Waals surface area contributed by atoms with Gasteiger partial charge in [-0.15, -0.1) is 0 Å². The molecular formula is C11H13N3. The van der Waals surface area contributed by atoms with Crippen molar-refractivity contribution in [3.63, 3.8) is 0 Å². The second kappa shape index (κ2) is 4.16. The monoisotopic (exact) mass is 187 g/mol. The summed E-state index contributed by atoms with van der Waals surface area (Å²) in [5.74, 6) is 0.821. The SMILES string of the molecule is [N-]=[N+]=NCCc1ccc(C2CC2)cc1. The lowest BCUT2D eigenvalue weighted by Crippen LogP contribution is -1.88. The second-order valence-corrected chi connectivity index (χ2v) is 3.72. The first-order valence-electron chi connectivity index (χ1n) is 5.00. The van der Waals surface area contributed by atoms with Gasteiger partial charge in [0.05, 0.1) is 0 Å². The molecule has 1 fully saturated rings. The summed E-state index contributed by atoms with van der Waals surface area (Å²) in [7, 11) is 0. The molecule has 1 aliphatic rings. The van der Waals surface area contributed by atoms with Crippen molar-refractivity contribution in [3.05, 3.63) is 45.8 Å². The Bertz CT molecular complexity index is 345. The predicted octanol–water partition coefficient (Wildman–Crippen LogP) is 3.42.